The van der Waals surface area contributed by atoms with Crippen molar-refractivity contribution in [1.82, 2.24) is 19.7 Å². The predicted molar refractivity (Wildman–Crippen MR) is 128 cm³/mol. The molecular formula is C22H32N5O8P. The Morgan fingerprint density at radius 2 is 2.03 bits per heavy atom. The van der Waals surface area contributed by atoms with Gasteiger partial charge in [-0.1, -0.05) is 25.7 Å². The number of hydrogen-bond acceptors (Lipinski definition) is 10. The number of anilines is 1. The molecule has 2 aliphatic rings. The second kappa shape index (κ2) is 11.5. The van der Waals surface area contributed by atoms with E-state index in [1.165, 1.54) is 11.8 Å². The number of aliphatic hydroxyl groups excluding tert-OH is 2. The molecule has 0 bridgehead atoms. The van der Waals surface area contributed by atoms with Crippen molar-refractivity contribution >= 4 is 24.4 Å². The van der Waals surface area contributed by atoms with E-state index in [1.807, 2.05) is 6.92 Å². The monoisotopic (exact) mass is 525 g/mol. The maximum absolute atomic E-state index is 11.6. The molecule has 1 aliphatic carbocycles. The van der Waals surface area contributed by atoms with Crippen molar-refractivity contribution in [2.24, 2.45) is 0 Å². The summed E-state index contributed by atoms with van der Waals surface area (Å²) >= 11 is 0. The van der Waals surface area contributed by atoms with Crippen LogP contribution >= 0.6 is 7.60 Å². The number of hydrogen-bond donors (Lipinski definition) is 5. The first-order chi connectivity index (χ1) is 17.2. The quantitative estimate of drug-likeness (QED) is 0.229. The first-order valence-electron chi connectivity index (χ1n) is 11.9. The van der Waals surface area contributed by atoms with Crippen molar-refractivity contribution in [3.63, 3.8) is 0 Å². The Hall–Kier alpha value is -2.14. The fourth-order valence-electron chi connectivity index (χ4n) is 4.37. The summed E-state index contributed by atoms with van der Waals surface area (Å²) in [6.07, 6.45) is 1.56. The third-order valence-corrected chi connectivity index (χ3v) is 7.29. The number of fused-ring (bicyclic) bond motifs is 1. The molecule has 0 radical (unpaired) electrons. The topological polar surface area (TPSA) is 181 Å². The molecule has 2 aromatic rings. The Morgan fingerprint density at radius 1 is 1.28 bits per heavy atom. The third kappa shape index (κ3) is 5.88. The van der Waals surface area contributed by atoms with Crippen LogP contribution in [0.4, 0.5) is 5.82 Å². The van der Waals surface area contributed by atoms with E-state index in [0.29, 0.717) is 29.1 Å². The summed E-state index contributed by atoms with van der Waals surface area (Å²) in [7, 11) is -3.33. The van der Waals surface area contributed by atoms with Crippen molar-refractivity contribution in [1.29, 1.82) is 0 Å². The number of ether oxygens (including phenoxy) is 3. The first kappa shape index (κ1) is 26.9. The van der Waals surface area contributed by atoms with Crippen LogP contribution in [0, 0.1) is 11.8 Å². The summed E-state index contributed by atoms with van der Waals surface area (Å²) < 4.78 is 28.9. The van der Waals surface area contributed by atoms with Crippen LogP contribution in [-0.4, -0.2) is 90.3 Å². The normalized spacial score (nSPS) is 25.7. The number of aromatic nitrogens is 4. The van der Waals surface area contributed by atoms with Gasteiger partial charge in [0.25, 0.3) is 0 Å². The molecule has 0 aromatic carbocycles. The Bertz CT molecular complexity index is 1150. The van der Waals surface area contributed by atoms with E-state index in [0.717, 1.165) is 25.7 Å². The molecule has 2 aromatic heterocycles. The van der Waals surface area contributed by atoms with Crippen LogP contribution in [0.1, 0.15) is 51.1 Å². The van der Waals surface area contributed by atoms with E-state index in [4.69, 9.17) is 14.2 Å². The van der Waals surface area contributed by atoms with E-state index in [1.54, 1.807) is 6.20 Å². The Labute approximate surface area is 208 Å². The highest BCUT2D eigenvalue weighted by molar-refractivity contribution is 7.52. The minimum Gasteiger partial charge on any atom is -0.387 e. The van der Waals surface area contributed by atoms with Crippen LogP contribution < -0.4 is 5.32 Å². The molecule has 1 saturated heterocycles. The standard InChI is InChI=1S/C22H32N5O8P/c1-3-4-9-16-25-20(24-13-7-5-6-8-13)14-10-23-27(21(14)26-16)22-19(29)18(28)15(35-22)11-34-17(12-33-2)36(30,31)32/h10,13,15,17-19,22,28-29H,3,5-8,11-12H2,1-2H3,(H,24,25,26)(H2,30,31,32)/t15-,17?,18-,19-,22-/m1/s1. The molecule has 4 rings (SSSR count). The van der Waals surface area contributed by atoms with E-state index in [2.05, 4.69) is 32.2 Å². The molecule has 2 fully saturated rings. The lowest BCUT2D eigenvalue weighted by Gasteiger charge is -2.21. The van der Waals surface area contributed by atoms with Gasteiger partial charge in [-0.15, -0.1) is 0 Å². The predicted octanol–water partition coefficient (Wildman–Crippen LogP) is 0.728. The molecule has 1 saturated carbocycles. The van der Waals surface area contributed by atoms with E-state index < -0.39 is 38.0 Å². The van der Waals surface area contributed by atoms with Crippen LogP contribution in [0.15, 0.2) is 6.20 Å². The van der Waals surface area contributed by atoms with Crippen molar-refractivity contribution < 1.29 is 38.8 Å². The molecule has 0 amide bonds. The zero-order chi connectivity index (χ0) is 25.9. The van der Waals surface area contributed by atoms with Crippen LogP contribution in [0.3, 0.4) is 0 Å². The third-order valence-electron chi connectivity index (χ3n) is 6.24. The maximum atomic E-state index is 11.6. The molecule has 1 aliphatic heterocycles. The fourth-order valence-corrected chi connectivity index (χ4v) is 4.99. The van der Waals surface area contributed by atoms with Gasteiger partial charge in [-0.25, -0.2) is 14.6 Å². The lowest BCUT2D eigenvalue weighted by Crippen LogP contribution is -2.35. The number of nitrogens with one attached hydrogen (secondary N) is 1. The molecule has 14 heteroatoms. The van der Waals surface area contributed by atoms with Gasteiger partial charge in [-0.2, -0.15) is 5.10 Å². The highest BCUT2D eigenvalue weighted by atomic mass is 31.2. The molecule has 1 unspecified atom stereocenters. The molecule has 0 spiro atoms. The largest absolute Gasteiger partial charge is 0.387 e. The number of rotatable bonds is 9. The molecule has 198 valence electrons. The summed E-state index contributed by atoms with van der Waals surface area (Å²) in [4.78, 5) is 28.0. The zero-order valence-electron chi connectivity index (χ0n) is 20.1. The Kier molecular flexibility index (Phi) is 8.59. The van der Waals surface area contributed by atoms with Gasteiger partial charge in [0.2, 0.25) is 5.82 Å². The van der Waals surface area contributed by atoms with E-state index in [-0.39, 0.29) is 19.3 Å². The highest BCUT2D eigenvalue weighted by Gasteiger charge is 2.46. The Morgan fingerprint density at radius 3 is 2.69 bits per heavy atom. The van der Waals surface area contributed by atoms with Gasteiger partial charge in [0.05, 0.1) is 24.8 Å². The summed E-state index contributed by atoms with van der Waals surface area (Å²) in [5.74, 6) is 5.25. The van der Waals surface area contributed by atoms with Gasteiger partial charge < -0.3 is 39.5 Å². The van der Waals surface area contributed by atoms with Crippen molar-refractivity contribution in [2.45, 2.75) is 75.5 Å². The second-order valence-corrected chi connectivity index (χ2v) is 10.6. The minimum atomic E-state index is -4.61. The van der Waals surface area contributed by atoms with Gasteiger partial charge >= 0.3 is 7.60 Å². The fraction of sp³-hybridized carbons (Fsp3) is 0.682. The summed E-state index contributed by atoms with van der Waals surface area (Å²) in [6.45, 7) is 1.19. The van der Waals surface area contributed by atoms with Crippen molar-refractivity contribution in [3.05, 3.63) is 12.0 Å². The summed E-state index contributed by atoms with van der Waals surface area (Å²) in [5.41, 5.74) is 0.371. The van der Waals surface area contributed by atoms with Crippen LogP contribution in [0.5, 0.6) is 0 Å². The average Bonchev–Trinajstić information content (AvgIpc) is 3.56. The SMILES string of the molecule is CCC#Cc1nc(NC2CCCC2)c2cnn([C@@H]3O[C@H](COC(COC)P(=O)(O)O)[C@@H](O)[C@H]3O)c2n1. The van der Waals surface area contributed by atoms with Gasteiger partial charge in [0.15, 0.2) is 17.7 Å². The lowest BCUT2D eigenvalue weighted by atomic mass is 10.1. The average molecular weight is 525 g/mol. The zero-order valence-corrected chi connectivity index (χ0v) is 21.0. The highest BCUT2D eigenvalue weighted by Crippen LogP contribution is 2.42. The summed E-state index contributed by atoms with van der Waals surface area (Å²) in [5, 5.41) is 29.8. The molecule has 3 heterocycles. The Balaban J connectivity index is 1.60. The van der Waals surface area contributed by atoms with E-state index >= 15 is 0 Å². The van der Waals surface area contributed by atoms with Crippen LogP contribution in [0.25, 0.3) is 11.0 Å². The summed E-state index contributed by atoms with van der Waals surface area (Å²) in [6, 6.07) is 0.282. The smallest absolute Gasteiger partial charge is 0.356 e. The molecule has 36 heavy (non-hydrogen) atoms. The molecular weight excluding hydrogens is 493 g/mol. The number of methoxy groups -OCH3 is 1. The lowest BCUT2D eigenvalue weighted by molar-refractivity contribution is -0.0826. The maximum Gasteiger partial charge on any atom is 0.356 e. The molecule has 5 N–H and O–H groups in total. The van der Waals surface area contributed by atoms with Crippen molar-refractivity contribution in [2.75, 3.05) is 25.6 Å². The molecule has 5 atom stereocenters. The van der Waals surface area contributed by atoms with Gasteiger partial charge in [0, 0.05) is 19.6 Å². The number of nitrogens with zero attached hydrogens (tertiary/aromatic N) is 4. The minimum absolute atomic E-state index is 0.282. The van der Waals surface area contributed by atoms with E-state index in [9.17, 15) is 24.6 Å². The van der Waals surface area contributed by atoms with Crippen molar-refractivity contribution in [3.8, 4) is 11.8 Å². The first-order valence-corrected chi connectivity index (χ1v) is 13.6. The number of aliphatic hydroxyl groups is 2. The second-order valence-electron chi connectivity index (χ2n) is 8.88. The van der Waals surface area contributed by atoms with Gasteiger partial charge in [-0.3, -0.25) is 4.57 Å². The van der Waals surface area contributed by atoms with Gasteiger partial charge in [-0.05, 0) is 18.8 Å². The van der Waals surface area contributed by atoms with Crippen LogP contribution in [0.2, 0.25) is 0 Å². The van der Waals surface area contributed by atoms with Crippen LogP contribution in [-0.2, 0) is 18.8 Å². The molecule has 13 nitrogen and oxygen atoms in total. The van der Waals surface area contributed by atoms with Gasteiger partial charge in [0.1, 0.15) is 24.1 Å².